The second-order valence-corrected chi connectivity index (χ2v) is 7.50. The number of carbonyl (C=O) groups is 5. The van der Waals surface area contributed by atoms with Crippen molar-refractivity contribution in [2.24, 2.45) is 5.73 Å². The number of benzene rings is 1. The summed E-state index contributed by atoms with van der Waals surface area (Å²) in [6.45, 7) is 0. The Morgan fingerprint density at radius 3 is 2.12 bits per heavy atom. The highest BCUT2D eigenvalue weighted by Crippen LogP contribution is 2.19. The van der Waals surface area contributed by atoms with Gasteiger partial charge in [0.1, 0.15) is 12.1 Å². The molecular weight excluding hydrogens is 436 g/mol. The Balaban J connectivity index is 2.22. The zero-order chi connectivity index (χ0) is 24.5. The largest absolute Gasteiger partial charge is 0.481 e. The fourth-order valence-corrected chi connectivity index (χ4v) is 3.22. The number of fused-ring (bicyclic) bond motifs is 1. The highest BCUT2D eigenvalue weighted by molar-refractivity contribution is 5.93. The van der Waals surface area contributed by atoms with Crippen LogP contribution in [0, 0.1) is 0 Å². The van der Waals surface area contributed by atoms with Crippen molar-refractivity contribution in [3.63, 3.8) is 0 Å². The van der Waals surface area contributed by atoms with Crippen molar-refractivity contribution in [3.8, 4) is 0 Å². The number of aliphatic carboxylic acids is 3. The lowest BCUT2D eigenvalue weighted by Crippen LogP contribution is -2.55. The van der Waals surface area contributed by atoms with E-state index >= 15 is 0 Å². The molecule has 2 rings (SSSR count). The Kier molecular flexibility index (Phi) is 8.92. The summed E-state index contributed by atoms with van der Waals surface area (Å²) in [5, 5.41) is 32.4. The zero-order valence-electron chi connectivity index (χ0n) is 17.6. The number of carboxylic acid groups (broad SMARTS) is 3. The molecule has 12 nitrogen and oxygen atoms in total. The highest BCUT2D eigenvalue weighted by Gasteiger charge is 2.29. The number of nitrogens with two attached hydrogens (primary N) is 1. The van der Waals surface area contributed by atoms with Gasteiger partial charge in [0.05, 0.1) is 6.04 Å². The molecule has 0 aliphatic carbocycles. The van der Waals surface area contributed by atoms with Gasteiger partial charge in [0.15, 0.2) is 0 Å². The van der Waals surface area contributed by atoms with Crippen LogP contribution < -0.4 is 16.4 Å². The van der Waals surface area contributed by atoms with Gasteiger partial charge in [-0.05, 0) is 24.5 Å². The molecule has 0 aliphatic rings. The predicted octanol–water partition coefficient (Wildman–Crippen LogP) is -0.178. The van der Waals surface area contributed by atoms with Crippen LogP contribution in [0.15, 0.2) is 30.5 Å². The number of amides is 2. The van der Waals surface area contributed by atoms with Crippen molar-refractivity contribution < 1.29 is 39.3 Å². The summed E-state index contributed by atoms with van der Waals surface area (Å²) in [5.74, 6) is -5.37. The molecule has 178 valence electrons. The van der Waals surface area contributed by atoms with Crippen molar-refractivity contribution in [1.82, 2.24) is 15.6 Å². The van der Waals surface area contributed by atoms with Gasteiger partial charge < -0.3 is 36.7 Å². The molecule has 0 radical (unpaired) electrons. The van der Waals surface area contributed by atoms with Gasteiger partial charge in [-0.15, -0.1) is 0 Å². The number of hydrogen-bond donors (Lipinski definition) is 7. The molecule has 2 amide bonds. The van der Waals surface area contributed by atoms with E-state index < -0.39 is 54.3 Å². The average Bonchev–Trinajstić information content (AvgIpc) is 3.16. The second kappa shape index (κ2) is 11.6. The van der Waals surface area contributed by atoms with Gasteiger partial charge >= 0.3 is 17.9 Å². The van der Waals surface area contributed by atoms with E-state index in [2.05, 4.69) is 15.6 Å². The Morgan fingerprint density at radius 1 is 0.879 bits per heavy atom. The first kappa shape index (κ1) is 25.3. The van der Waals surface area contributed by atoms with Crippen LogP contribution in [-0.4, -0.2) is 68.2 Å². The van der Waals surface area contributed by atoms with Gasteiger partial charge in [0.25, 0.3) is 0 Å². The minimum absolute atomic E-state index is 0.0154. The maximum Gasteiger partial charge on any atom is 0.326 e. The van der Waals surface area contributed by atoms with Gasteiger partial charge in [-0.3, -0.25) is 19.2 Å². The molecule has 12 heteroatoms. The summed E-state index contributed by atoms with van der Waals surface area (Å²) < 4.78 is 0. The van der Waals surface area contributed by atoms with Crippen molar-refractivity contribution in [1.29, 1.82) is 0 Å². The lowest BCUT2D eigenvalue weighted by Gasteiger charge is -2.22. The molecule has 1 heterocycles. The third-order valence-electron chi connectivity index (χ3n) is 5.00. The van der Waals surface area contributed by atoms with Crippen molar-refractivity contribution >= 4 is 40.6 Å². The molecule has 0 bridgehead atoms. The number of aromatic amines is 1. The number of nitrogens with one attached hydrogen (secondary N) is 3. The van der Waals surface area contributed by atoms with Crippen LogP contribution in [0.4, 0.5) is 0 Å². The van der Waals surface area contributed by atoms with Gasteiger partial charge in [0, 0.05) is 36.4 Å². The van der Waals surface area contributed by atoms with E-state index in [0.29, 0.717) is 5.56 Å². The molecule has 0 spiro atoms. The normalized spacial score (nSPS) is 13.6. The number of carboxylic acids is 3. The number of para-hydroxylation sites is 1. The minimum atomic E-state index is -1.48. The van der Waals surface area contributed by atoms with Crippen LogP contribution in [-0.2, 0) is 30.4 Å². The Bertz CT molecular complexity index is 1030. The third-order valence-corrected chi connectivity index (χ3v) is 5.00. The van der Waals surface area contributed by atoms with E-state index in [0.717, 1.165) is 10.9 Å². The maximum atomic E-state index is 12.9. The molecular formula is C21H26N4O8. The van der Waals surface area contributed by atoms with Gasteiger partial charge in [-0.25, -0.2) is 4.79 Å². The number of H-pyrrole nitrogens is 1. The number of hydrogen-bond acceptors (Lipinski definition) is 6. The Hall–Kier alpha value is -3.93. The van der Waals surface area contributed by atoms with Gasteiger partial charge in [-0.2, -0.15) is 0 Å². The monoisotopic (exact) mass is 462 g/mol. The number of aromatic nitrogens is 1. The molecule has 0 saturated heterocycles. The summed E-state index contributed by atoms with van der Waals surface area (Å²) >= 11 is 0. The van der Waals surface area contributed by atoms with Crippen LogP contribution in [0.3, 0.4) is 0 Å². The molecule has 2 aromatic rings. The summed E-state index contributed by atoms with van der Waals surface area (Å²) in [7, 11) is 0. The van der Waals surface area contributed by atoms with Crippen molar-refractivity contribution in [2.75, 3.05) is 0 Å². The average molecular weight is 462 g/mol. The lowest BCUT2D eigenvalue weighted by atomic mass is 10.0. The molecule has 0 aliphatic heterocycles. The third kappa shape index (κ3) is 7.61. The molecule has 0 fully saturated rings. The first-order valence-electron chi connectivity index (χ1n) is 10.2. The van der Waals surface area contributed by atoms with Gasteiger partial charge in [0.2, 0.25) is 11.8 Å². The van der Waals surface area contributed by atoms with Crippen LogP contribution in [0.2, 0.25) is 0 Å². The minimum Gasteiger partial charge on any atom is -0.481 e. The smallest absolute Gasteiger partial charge is 0.326 e. The van der Waals surface area contributed by atoms with E-state index in [-0.39, 0.29) is 25.7 Å². The summed E-state index contributed by atoms with van der Waals surface area (Å²) in [6, 6.07) is 3.33. The van der Waals surface area contributed by atoms with E-state index in [9.17, 15) is 29.1 Å². The molecule has 1 aromatic carbocycles. The summed E-state index contributed by atoms with van der Waals surface area (Å²) in [5.41, 5.74) is 7.20. The van der Waals surface area contributed by atoms with Crippen molar-refractivity contribution in [2.45, 2.75) is 50.2 Å². The molecule has 33 heavy (non-hydrogen) atoms. The van der Waals surface area contributed by atoms with E-state index in [1.54, 1.807) is 12.3 Å². The molecule has 0 saturated carbocycles. The highest BCUT2D eigenvalue weighted by atomic mass is 16.4. The van der Waals surface area contributed by atoms with Crippen molar-refractivity contribution in [3.05, 3.63) is 36.0 Å². The molecule has 8 N–H and O–H groups in total. The van der Waals surface area contributed by atoms with Crippen LogP contribution >= 0.6 is 0 Å². The van der Waals surface area contributed by atoms with Crippen LogP contribution in [0.5, 0.6) is 0 Å². The number of carbonyl (C=O) groups excluding carboxylic acids is 2. The van der Waals surface area contributed by atoms with Crippen LogP contribution in [0.1, 0.15) is 31.2 Å². The molecule has 0 unspecified atom stereocenters. The van der Waals surface area contributed by atoms with Gasteiger partial charge in [-0.1, -0.05) is 18.2 Å². The second-order valence-electron chi connectivity index (χ2n) is 7.50. The number of rotatable bonds is 13. The first-order valence-corrected chi connectivity index (χ1v) is 10.2. The molecule has 3 atom stereocenters. The quantitative estimate of drug-likeness (QED) is 0.210. The molecule has 1 aromatic heterocycles. The van der Waals surface area contributed by atoms with Crippen LogP contribution in [0.25, 0.3) is 10.9 Å². The first-order chi connectivity index (χ1) is 15.6. The predicted molar refractivity (Wildman–Crippen MR) is 115 cm³/mol. The summed E-state index contributed by atoms with van der Waals surface area (Å²) in [4.78, 5) is 61.4. The fourth-order valence-electron chi connectivity index (χ4n) is 3.22. The standard InChI is InChI=1S/C21H26N4O8/c22-13(5-7-17(26)27)19(30)25-16(9-11-10-23-14-4-2-1-3-12(11)14)20(31)24-15(21(32)33)6-8-18(28)29/h1-4,10,13,15-16,23H,5-9,22H2,(H,24,31)(H,25,30)(H,26,27)(H,28,29)(H,32,33)/t13-,15-,16-/m1/s1. The zero-order valence-corrected chi connectivity index (χ0v) is 17.6. The lowest BCUT2D eigenvalue weighted by molar-refractivity contribution is -0.143. The van der Waals surface area contributed by atoms with E-state index in [1.165, 1.54) is 0 Å². The van der Waals surface area contributed by atoms with E-state index in [1.807, 2.05) is 18.2 Å². The van der Waals surface area contributed by atoms with E-state index in [4.69, 9.17) is 15.9 Å². The fraction of sp³-hybridized carbons (Fsp3) is 0.381. The maximum absolute atomic E-state index is 12.9. The topological polar surface area (TPSA) is 212 Å². The Labute approximate surface area is 188 Å². The SMILES string of the molecule is N[C@H](CCC(=O)O)C(=O)N[C@H](Cc1c[nH]c2ccccc12)C(=O)N[C@H](CCC(=O)O)C(=O)O. The Morgan fingerprint density at radius 2 is 1.48 bits per heavy atom. The summed E-state index contributed by atoms with van der Waals surface area (Å²) in [6.07, 6.45) is 0.321.